The van der Waals surface area contributed by atoms with E-state index in [2.05, 4.69) is 25.4 Å². The van der Waals surface area contributed by atoms with Crippen LogP contribution in [0.5, 0.6) is 5.75 Å². The lowest BCUT2D eigenvalue weighted by Crippen LogP contribution is -2.25. The average Bonchev–Trinajstić information content (AvgIpc) is 2.30. The lowest BCUT2D eigenvalue weighted by Gasteiger charge is -2.23. The molecule has 0 aliphatic heterocycles. The summed E-state index contributed by atoms with van der Waals surface area (Å²) >= 11 is 1.85. The lowest BCUT2D eigenvalue weighted by molar-refractivity contribution is 0.244. The van der Waals surface area contributed by atoms with E-state index in [4.69, 9.17) is 10.5 Å². The summed E-state index contributed by atoms with van der Waals surface area (Å²) in [6, 6.07) is 5.83. The van der Waals surface area contributed by atoms with Gasteiger partial charge in [-0.25, -0.2) is 0 Å². The van der Waals surface area contributed by atoms with Crippen molar-refractivity contribution < 1.29 is 4.74 Å². The van der Waals surface area contributed by atoms with Crippen LogP contribution in [0.3, 0.4) is 0 Å². The fourth-order valence-corrected chi connectivity index (χ4v) is 1.60. The van der Waals surface area contributed by atoms with Gasteiger partial charge in [-0.3, -0.25) is 0 Å². The third-order valence-corrected chi connectivity index (χ3v) is 3.90. The van der Waals surface area contributed by atoms with E-state index in [0.717, 1.165) is 18.0 Å². The molecule has 3 N–H and O–H groups in total. The van der Waals surface area contributed by atoms with Gasteiger partial charge in [0.15, 0.2) is 0 Å². The number of benzene rings is 1. The monoisotopic (exact) mass is 268 g/mol. The molecular weight excluding hydrogens is 244 g/mol. The van der Waals surface area contributed by atoms with Gasteiger partial charge in [-0.2, -0.15) is 11.8 Å². The molecule has 0 radical (unpaired) electrons. The maximum Gasteiger partial charge on any atom is 0.144 e. The van der Waals surface area contributed by atoms with Crippen LogP contribution in [0, 0.1) is 0 Å². The van der Waals surface area contributed by atoms with Crippen molar-refractivity contribution in [2.75, 3.05) is 23.9 Å². The number of thioether (sulfide) groups is 1. The van der Waals surface area contributed by atoms with Crippen LogP contribution in [0.1, 0.15) is 27.7 Å². The minimum Gasteiger partial charge on any atom is -0.489 e. The molecular formula is C14H24N2OS. The van der Waals surface area contributed by atoms with Crippen molar-refractivity contribution >= 4 is 23.1 Å². The average molecular weight is 268 g/mol. The summed E-state index contributed by atoms with van der Waals surface area (Å²) in [4.78, 5) is 0. The van der Waals surface area contributed by atoms with Gasteiger partial charge in [-0.1, -0.05) is 0 Å². The van der Waals surface area contributed by atoms with Crippen molar-refractivity contribution in [2.24, 2.45) is 0 Å². The van der Waals surface area contributed by atoms with Crippen molar-refractivity contribution in [1.29, 1.82) is 0 Å². The first-order valence-electron chi connectivity index (χ1n) is 6.19. The molecule has 0 saturated heterocycles. The molecule has 0 bridgehead atoms. The van der Waals surface area contributed by atoms with Crippen molar-refractivity contribution in [3.05, 3.63) is 18.2 Å². The fraction of sp³-hybridized carbons (Fsp3) is 0.571. The van der Waals surface area contributed by atoms with Crippen LogP contribution in [-0.4, -0.2) is 23.7 Å². The van der Waals surface area contributed by atoms with Crippen LogP contribution in [0.25, 0.3) is 0 Å². The van der Waals surface area contributed by atoms with Crippen molar-refractivity contribution in [3.8, 4) is 5.75 Å². The Balaban J connectivity index is 2.73. The Morgan fingerprint density at radius 2 is 2.06 bits per heavy atom. The summed E-state index contributed by atoms with van der Waals surface area (Å²) in [7, 11) is 0. The first kappa shape index (κ1) is 15.0. The highest BCUT2D eigenvalue weighted by Gasteiger charge is 2.15. The molecule has 1 rings (SSSR count). The van der Waals surface area contributed by atoms with E-state index in [1.165, 1.54) is 0 Å². The maximum atomic E-state index is 5.89. The molecule has 0 spiro atoms. The van der Waals surface area contributed by atoms with Crippen LogP contribution in [0.4, 0.5) is 11.4 Å². The van der Waals surface area contributed by atoms with E-state index in [1.807, 2.05) is 43.8 Å². The molecule has 3 nitrogen and oxygen atoms in total. The Morgan fingerprint density at radius 3 is 2.61 bits per heavy atom. The summed E-state index contributed by atoms with van der Waals surface area (Å²) in [6.07, 6.45) is 2.25. The zero-order valence-corrected chi connectivity index (χ0v) is 12.7. The lowest BCUT2D eigenvalue weighted by atomic mass is 10.2. The van der Waals surface area contributed by atoms with Gasteiger partial charge in [0, 0.05) is 23.0 Å². The normalized spacial score (nSPS) is 11.7. The molecule has 0 aliphatic carbocycles. The van der Waals surface area contributed by atoms with E-state index in [9.17, 15) is 0 Å². The van der Waals surface area contributed by atoms with Crippen molar-refractivity contribution in [1.82, 2.24) is 0 Å². The summed E-state index contributed by atoms with van der Waals surface area (Å²) in [5, 5.41) is 3.42. The Hall–Kier alpha value is -1.03. The predicted octanol–water partition coefficient (Wildman–Crippen LogP) is 3.61. The first-order valence-corrected chi connectivity index (χ1v) is 7.42. The molecule has 18 heavy (non-hydrogen) atoms. The van der Waals surface area contributed by atoms with Crippen molar-refractivity contribution in [3.63, 3.8) is 0 Å². The molecule has 0 amide bonds. The molecule has 0 aliphatic rings. The zero-order valence-electron chi connectivity index (χ0n) is 11.9. The Kier molecular flexibility index (Phi) is 5.20. The largest absolute Gasteiger partial charge is 0.489 e. The van der Waals surface area contributed by atoms with Crippen LogP contribution < -0.4 is 15.8 Å². The Morgan fingerprint density at radius 1 is 1.39 bits per heavy atom. The molecule has 0 unspecified atom stereocenters. The van der Waals surface area contributed by atoms with Crippen LogP contribution in [0.15, 0.2) is 18.2 Å². The summed E-state index contributed by atoms with van der Waals surface area (Å²) in [5.41, 5.74) is 7.61. The standard InChI is InChI=1S/C14H24N2OS/c1-10(2)17-13-8-11(6-7-12(13)15)16-9-14(3,4)18-5/h6-8,10,16H,9,15H2,1-5H3. The predicted molar refractivity (Wildman–Crippen MR) is 82.7 cm³/mol. The van der Waals surface area contributed by atoms with Gasteiger partial charge in [0.2, 0.25) is 0 Å². The minimum absolute atomic E-state index is 0.130. The Labute approximate surface area is 114 Å². The second-order valence-electron chi connectivity index (χ2n) is 5.24. The number of nitrogen functional groups attached to an aromatic ring is 1. The number of nitrogens with two attached hydrogens (primary N) is 1. The van der Waals surface area contributed by atoms with Crippen molar-refractivity contribution in [2.45, 2.75) is 38.5 Å². The number of hydrogen-bond acceptors (Lipinski definition) is 4. The molecule has 0 saturated carbocycles. The van der Waals surface area contributed by atoms with Gasteiger partial charge >= 0.3 is 0 Å². The number of nitrogens with one attached hydrogen (secondary N) is 1. The number of rotatable bonds is 6. The second-order valence-corrected chi connectivity index (χ2v) is 6.75. The highest BCUT2D eigenvalue weighted by Crippen LogP contribution is 2.28. The Bertz CT molecular complexity index is 391. The summed E-state index contributed by atoms with van der Waals surface area (Å²) < 4.78 is 5.88. The highest BCUT2D eigenvalue weighted by molar-refractivity contribution is 7.99. The van der Waals surface area contributed by atoms with Gasteiger partial charge in [-0.05, 0) is 46.1 Å². The second kappa shape index (κ2) is 6.23. The topological polar surface area (TPSA) is 47.3 Å². The molecule has 0 fully saturated rings. The smallest absolute Gasteiger partial charge is 0.144 e. The minimum atomic E-state index is 0.130. The third kappa shape index (κ3) is 4.69. The van der Waals surface area contributed by atoms with Crippen LogP contribution in [-0.2, 0) is 0 Å². The van der Waals surface area contributed by atoms with E-state index in [1.54, 1.807) is 0 Å². The first-order chi connectivity index (χ1) is 8.34. The van der Waals surface area contributed by atoms with E-state index < -0.39 is 0 Å². The highest BCUT2D eigenvalue weighted by atomic mass is 32.2. The third-order valence-electron chi connectivity index (χ3n) is 2.65. The number of anilines is 2. The molecule has 0 heterocycles. The molecule has 1 aromatic rings. The van der Waals surface area contributed by atoms with Gasteiger partial charge < -0.3 is 15.8 Å². The molecule has 1 aromatic carbocycles. The zero-order chi connectivity index (χ0) is 13.8. The summed E-state index contributed by atoms with van der Waals surface area (Å²) in [5.74, 6) is 0.747. The maximum absolute atomic E-state index is 5.89. The van der Waals surface area contributed by atoms with Crippen LogP contribution in [0.2, 0.25) is 0 Å². The molecule has 4 heteroatoms. The van der Waals surface area contributed by atoms with Gasteiger partial charge in [0.05, 0.1) is 11.8 Å². The SMILES string of the molecule is CSC(C)(C)CNc1ccc(N)c(OC(C)C)c1. The van der Waals surface area contributed by atoms with E-state index in [-0.39, 0.29) is 10.9 Å². The molecule has 0 atom stereocenters. The molecule has 0 aromatic heterocycles. The number of hydrogen-bond donors (Lipinski definition) is 2. The van der Waals surface area contributed by atoms with Gasteiger partial charge in [0.25, 0.3) is 0 Å². The van der Waals surface area contributed by atoms with Gasteiger partial charge in [0.1, 0.15) is 5.75 Å². The van der Waals surface area contributed by atoms with Gasteiger partial charge in [-0.15, -0.1) is 0 Å². The van der Waals surface area contributed by atoms with E-state index in [0.29, 0.717) is 5.69 Å². The number of ether oxygens (including phenoxy) is 1. The summed E-state index contributed by atoms with van der Waals surface area (Å²) in [6.45, 7) is 9.33. The molecule has 102 valence electrons. The fourth-order valence-electron chi connectivity index (χ4n) is 1.39. The quantitative estimate of drug-likeness (QED) is 0.774. The van der Waals surface area contributed by atoms with E-state index >= 15 is 0 Å². The van der Waals surface area contributed by atoms with Crippen LogP contribution >= 0.6 is 11.8 Å².